The van der Waals surface area contributed by atoms with E-state index in [1.165, 1.54) is 0 Å². The fourth-order valence-corrected chi connectivity index (χ4v) is 1.74. The van der Waals surface area contributed by atoms with Gasteiger partial charge < -0.3 is 14.6 Å². The molecule has 0 saturated carbocycles. The number of benzene rings is 1. The van der Waals surface area contributed by atoms with Gasteiger partial charge in [-0.25, -0.2) is 0 Å². The van der Waals surface area contributed by atoms with E-state index in [4.69, 9.17) is 9.47 Å². The molecule has 0 saturated heterocycles. The first-order chi connectivity index (χ1) is 8.00. The van der Waals surface area contributed by atoms with Crippen LogP contribution in [0.3, 0.4) is 0 Å². The Morgan fingerprint density at radius 3 is 3.00 bits per heavy atom. The minimum atomic E-state index is -0.704. The third-order valence-electron chi connectivity index (χ3n) is 2.83. The standard InChI is InChI=1S/C14H18O3/c1-4-14(2,3)17-11-7-5-10-6-8-13(15)16-12(10)9-11/h4-5,7,9,13,15H,1,6,8H2,2-3H3/t13-/m0/s1. The minimum absolute atomic E-state index is 0.415. The third-order valence-corrected chi connectivity index (χ3v) is 2.83. The van der Waals surface area contributed by atoms with E-state index in [1.54, 1.807) is 6.08 Å². The Kier molecular flexibility index (Phi) is 3.11. The Labute approximate surface area is 102 Å². The van der Waals surface area contributed by atoms with Gasteiger partial charge in [0.15, 0.2) is 6.29 Å². The van der Waals surface area contributed by atoms with Crippen molar-refractivity contribution in [3.05, 3.63) is 36.4 Å². The molecule has 0 amide bonds. The second kappa shape index (κ2) is 4.41. The van der Waals surface area contributed by atoms with Gasteiger partial charge in [0.05, 0.1) is 0 Å². The summed E-state index contributed by atoms with van der Waals surface area (Å²) in [5.41, 5.74) is 0.695. The minimum Gasteiger partial charge on any atom is -0.484 e. The molecular weight excluding hydrogens is 216 g/mol. The fourth-order valence-electron chi connectivity index (χ4n) is 1.74. The van der Waals surface area contributed by atoms with Crippen molar-refractivity contribution >= 4 is 0 Å². The molecule has 3 nitrogen and oxygen atoms in total. The molecular formula is C14H18O3. The molecule has 1 aliphatic rings. The molecule has 0 spiro atoms. The lowest BCUT2D eigenvalue weighted by Gasteiger charge is -2.25. The summed E-state index contributed by atoms with van der Waals surface area (Å²) >= 11 is 0. The lowest BCUT2D eigenvalue weighted by atomic mass is 10.1. The zero-order valence-electron chi connectivity index (χ0n) is 10.3. The summed E-state index contributed by atoms with van der Waals surface area (Å²) in [6.45, 7) is 7.61. The summed E-state index contributed by atoms with van der Waals surface area (Å²) in [7, 11) is 0. The van der Waals surface area contributed by atoms with Crippen LogP contribution in [0.4, 0.5) is 0 Å². The third kappa shape index (κ3) is 2.80. The maximum Gasteiger partial charge on any atom is 0.197 e. The fraction of sp³-hybridized carbons (Fsp3) is 0.429. The van der Waals surface area contributed by atoms with Gasteiger partial charge in [-0.15, -0.1) is 0 Å². The normalized spacial score (nSPS) is 19.1. The molecule has 0 unspecified atom stereocenters. The summed E-state index contributed by atoms with van der Waals surface area (Å²) < 4.78 is 11.1. The SMILES string of the molecule is C=CC(C)(C)Oc1ccc2c(c1)O[C@H](O)CC2. The van der Waals surface area contributed by atoms with E-state index in [0.29, 0.717) is 12.2 Å². The van der Waals surface area contributed by atoms with E-state index in [-0.39, 0.29) is 0 Å². The van der Waals surface area contributed by atoms with E-state index in [0.717, 1.165) is 17.7 Å². The molecule has 0 aromatic heterocycles. The van der Waals surface area contributed by atoms with Gasteiger partial charge in [0.1, 0.15) is 17.1 Å². The smallest absolute Gasteiger partial charge is 0.197 e. The topological polar surface area (TPSA) is 38.7 Å². The first kappa shape index (κ1) is 12.0. The highest BCUT2D eigenvalue weighted by molar-refractivity contribution is 5.42. The van der Waals surface area contributed by atoms with Crippen LogP contribution in [0.15, 0.2) is 30.9 Å². The average Bonchev–Trinajstić information content (AvgIpc) is 2.28. The summed E-state index contributed by atoms with van der Waals surface area (Å²) in [5, 5.41) is 9.45. The van der Waals surface area contributed by atoms with E-state index in [1.807, 2.05) is 32.0 Å². The van der Waals surface area contributed by atoms with Gasteiger partial charge in [-0.3, -0.25) is 0 Å². The van der Waals surface area contributed by atoms with Crippen molar-refractivity contribution in [1.29, 1.82) is 0 Å². The number of hydrogen-bond acceptors (Lipinski definition) is 3. The van der Waals surface area contributed by atoms with Crippen LogP contribution in [0.2, 0.25) is 0 Å². The Hall–Kier alpha value is -1.48. The maximum atomic E-state index is 9.45. The van der Waals surface area contributed by atoms with Gasteiger partial charge >= 0.3 is 0 Å². The number of ether oxygens (including phenoxy) is 2. The van der Waals surface area contributed by atoms with Crippen molar-refractivity contribution in [2.24, 2.45) is 0 Å². The quantitative estimate of drug-likeness (QED) is 0.817. The lowest BCUT2D eigenvalue weighted by Crippen LogP contribution is -2.25. The Balaban J connectivity index is 2.21. The molecule has 1 atom stereocenters. The van der Waals surface area contributed by atoms with Gasteiger partial charge in [-0.2, -0.15) is 0 Å². The van der Waals surface area contributed by atoms with Crippen LogP contribution in [0.1, 0.15) is 25.8 Å². The molecule has 0 radical (unpaired) electrons. The van der Waals surface area contributed by atoms with Crippen LogP contribution < -0.4 is 9.47 Å². The number of hydrogen-bond donors (Lipinski definition) is 1. The molecule has 2 rings (SSSR count). The first-order valence-electron chi connectivity index (χ1n) is 5.80. The van der Waals surface area contributed by atoms with Crippen molar-refractivity contribution < 1.29 is 14.6 Å². The highest BCUT2D eigenvalue weighted by Gasteiger charge is 2.20. The molecule has 1 aromatic rings. The number of rotatable bonds is 3. The number of aryl methyl sites for hydroxylation is 1. The zero-order valence-corrected chi connectivity index (χ0v) is 10.3. The van der Waals surface area contributed by atoms with Gasteiger partial charge in [0.25, 0.3) is 0 Å². The molecule has 1 heterocycles. The average molecular weight is 234 g/mol. The lowest BCUT2D eigenvalue weighted by molar-refractivity contribution is -0.0318. The molecule has 1 N–H and O–H groups in total. The van der Waals surface area contributed by atoms with Crippen LogP contribution in [-0.4, -0.2) is 17.0 Å². The summed E-state index contributed by atoms with van der Waals surface area (Å²) in [4.78, 5) is 0. The van der Waals surface area contributed by atoms with Gasteiger partial charge in [-0.1, -0.05) is 12.6 Å². The van der Waals surface area contributed by atoms with Gasteiger partial charge in [0.2, 0.25) is 0 Å². The van der Waals surface area contributed by atoms with Crippen LogP contribution in [-0.2, 0) is 6.42 Å². The maximum absolute atomic E-state index is 9.45. The number of aliphatic hydroxyl groups is 1. The van der Waals surface area contributed by atoms with Gasteiger partial charge in [-0.05, 0) is 38.0 Å². The highest BCUT2D eigenvalue weighted by Crippen LogP contribution is 2.32. The highest BCUT2D eigenvalue weighted by atomic mass is 16.6. The Morgan fingerprint density at radius 1 is 1.53 bits per heavy atom. The first-order valence-corrected chi connectivity index (χ1v) is 5.80. The van der Waals surface area contributed by atoms with Crippen LogP contribution in [0.5, 0.6) is 11.5 Å². The summed E-state index contributed by atoms with van der Waals surface area (Å²) in [6, 6.07) is 5.73. The molecule has 3 heteroatoms. The second-order valence-electron chi connectivity index (χ2n) is 4.79. The number of fused-ring (bicyclic) bond motifs is 1. The van der Waals surface area contributed by atoms with Crippen molar-refractivity contribution in [2.75, 3.05) is 0 Å². The monoisotopic (exact) mass is 234 g/mol. The largest absolute Gasteiger partial charge is 0.484 e. The predicted molar refractivity (Wildman–Crippen MR) is 66.3 cm³/mol. The molecule has 92 valence electrons. The van der Waals surface area contributed by atoms with Crippen molar-refractivity contribution in [3.8, 4) is 11.5 Å². The van der Waals surface area contributed by atoms with Crippen molar-refractivity contribution in [1.82, 2.24) is 0 Å². The Bertz CT molecular complexity index is 423. The van der Waals surface area contributed by atoms with E-state index in [9.17, 15) is 5.11 Å². The molecule has 0 bridgehead atoms. The summed E-state index contributed by atoms with van der Waals surface area (Å²) in [6.07, 6.45) is 2.53. The number of aliphatic hydroxyl groups excluding tert-OH is 1. The van der Waals surface area contributed by atoms with Crippen LogP contribution in [0.25, 0.3) is 0 Å². The Morgan fingerprint density at radius 2 is 2.29 bits per heavy atom. The van der Waals surface area contributed by atoms with Crippen molar-refractivity contribution in [3.63, 3.8) is 0 Å². The van der Waals surface area contributed by atoms with E-state index in [2.05, 4.69) is 6.58 Å². The van der Waals surface area contributed by atoms with Gasteiger partial charge in [0, 0.05) is 12.5 Å². The van der Waals surface area contributed by atoms with Crippen molar-refractivity contribution in [2.45, 2.75) is 38.6 Å². The molecule has 0 aliphatic carbocycles. The van der Waals surface area contributed by atoms with E-state index >= 15 is 0 Å². The van der Waals surface area contributed by atoms with E-state index < -0.39 is 11.9 Å². The second-order valence-corrected chi connectivity index (χ2v) is 4.79. The van der Waals surface area contributed by atoms with Crippen LogP contribution >= 0.6 is 0 Å². The zero-order chi connectivity index (χ0) is 12.5. The predicted octanol–water partition coefficient (Wildman–Crippen LogP) is 2.67. The molecule has 0 fully saturated rings. The molecule has 17 heavy (non-hydrogen) atoms. The molecule has 1 aliphatic heterocycles. The molecule has 1 aromatic carbocycles. The summed E-state index contributed by atoms with van der Waals surface area (Å²) in [5.74, 6) is 1.43. The van der Waals surface area contributed by atoms with Crippen LogP contribution in [0, 0.1) is 0 Å².